The number of benzene rings is 3. The zero-order chi connectivity index (χ0) is 27.7. The fraction of sp³-hybridized carbons (Fsp3) is 0.214. The van der Waals surface area contributed by atoms with Crippen molar-refractivity contribution in [2.75, 3.05) is 30.8 Å². The average Bonchev–Trinajstić information content (AvgIpc) is 3.67. The van der Waals surface area contributed by atoms with Gasteiger partial charge in [-0.05, 0) is 55.3 Å². The van der Waals surface area contributed by atoms with Gasteiger partial charge in [0.25, 0.3) is 5.91 Å². The molecule has 1 N–H and O–H groups in total. The Hall–Kier alpha value is -4.00. The quantitative estimate of drug-likeness (QED) is 0.247. The van der Waals surface area contributed by atoms with E-state index in [-0.39, 0.29) is 28.9 Å². The molecule has 1 fully saturated rings. The predicted octanol–water partition coefficient (Wildman–Crippen LogP) is 4.02. The lowest BCUT2D eigenvalue weighted by atomic mass is 10.1. The monoisotopic (exact) mass is 575 g/mol. The van der Waals surface area contributed by atoms with Gasteiger partial charge in [-0.2, -0.15) is 4.31 Å². The molecule has 10 nitrogen and oxygen atoms in total. The second-order valence-electron chi connectivity index (χ2n) is 9.38. The van der Waals surface area contributed by atoms with Crippen molar-refractivity contribution in [1.29, 1.82) is 0 Å². The van der Waals surface area contributed by atoms with Crippen molar-refractivity contribution >= 4 is 39.2 Å². The molecule has 4 aromatic rings. The first-order valence-corrected chi connectivity index (χ1v) is 15.2. The van der Waals surface area contributed by atoms with Crippen LogP contribution in [-0.4, -0.2) is 64.6 Å². The Morgan fingerprint density at radius 2 is 1.77 bits per heavy atom. The van der Waals surface area contributed by atoms with Crippen LogP contribution < -0.4 is 10.1 Å². The first kappa shape index (κ1) is 26.2. The molecule has 3 aromatic carbocycles. The summed E-state index contributed by atoms with van der Waals surface area (Å²) in [6.45, 7) is 0.983. The summed E-state index contributed by atoms with van der Waals surface area (Å²) in [5.41, 5.74) is 2.27. The maximum absolute atomic E-state index is 13.2. The van der Waals surface area contributed by atoms with E-state index < -0.39 is 10.0 Å². The summed E-state index contributed by atoms with van der Waals surface area (Å²) in [6, 6.07) is 21.1. The van der Waals surface area contributed by atoms with Crippen LogP contribution in [0.25, 0.3) is 17.1 Å². The molecule has 1 aromatic heterocycles. The number of amides is 1. The van der Waals surface area contributed by atoms with Crippen LogP contribution in [-0.2, 0) is 14.8 Å². The molecule has 2 aliphatic heterocycles. The molecule has 0 saturated carbocycles. The summed E-state index contributed by atoms with van der Waals surface area (Å²) >= 11 is 1.22. The van der Waals surface area contributed by atoms with Gasteiger partial charge in [0.1, 0.15) is 5.75 Å². The Labute approximate surface area is 235 Å². The molecule has 40 heavy (non-hydrogen) atoms. The molecule has 1 saturated heterocycles. The van der Waals surface area contributed by atoms with E-state index in [1.165, 1.54) is 16.1 Å². The van der Waals surface area contributed by atoms with Gasteiger partial charge in [-0.1, -0.05) is 42.1 Å². The lowest BCUT2D eigenvalue weighted by Gasteiger charge is -2.18. The topological polar surface area (TPSA) is 123 Å². The highest BCUT2D eigenvalue weighted by atomic mass is 32.2. The number of thioether (sulfide) groups is 1. The Kier molecular flexibility index (Phi) is 7.13. The van der Waals surface area contributed by atoms with Gasteiger partial charge in [-0.15, -0.1) is 10.2 Å². The van der Waals surface area contributed by atoms with Crippen LogP contribution in [0.4, 0.5) is 5.69 Å². The van der Waals surface area contributed by atoms with Gasteiger partial charge in [0.15, 0.2) is 23.4 Å². The third kappa shape index (κ3) is 5.12. The molecule has 1 amide bonds. The van der Waals surface area contributed by atoms with Crippen LogP contribution in [0.5, 0.6) is 5.75 Å². The fourth-order valence-electron chi connectivity index (χ4n) is 4.70. The summed E-state index contributed by atoms with van der Waals surface area (Å²) < 4.78 is 35.1. The van der Waals surface area contributed by atoms with Crippen molar-refractivity contribution in [1.82, 2.24) is 19.1 Å². The molecule has 204 valence electrons. The number of nitrogens with one attached hydrogen (secondary N) is 1. The highest BCUT2D eigenvalue weighted by Gasteiger charge is 2.28. The molecule has 0 aliphatic carbocycles. The van der Waals surface area contributed by atoms with Gasteiger partial charge in [-0.3, -0.25) is 14.2 Å². The van der Waals surface area contributed by atoms with Crippen molar-refractivity contribution in [2.24, 2.45) is 0 Å². The molecule has 0 atom stereocenters. The number of sulfonamides is 1. The molecular weight excluding hydrogens is 550 g/mol. The Morgan fingerprint density at radius 3 is 2.58 bits per heavy atom. The number of carbonyl (C=O) groups excluding carboxylic acids is 2. The number of nitrogens with zero attached hydrogens (tertiary/aromatic N) is 4. The van der Waals surface area contributed by atoms with Gasteiger partial charge in [0.05, 0.1) is 16.3 Å². The van der Waals surface area contributed by atoms with Gasteiger partial charge in [-0.25, -0.2) is 8.42 Å². The zero-order valence-corrected chi connectivity index (χ0v) is 23.0. The van der Waals surface area contributed by atoms with Gasteiger partial charge in [0, 0.05) is 29.9 Å². The molecular formula is C28H25N5O5S2. The van der Waals surface area contributed by atoms with Crippen LogP contribution in [0, 0.1) is 0 Å². The Morgan fingerprint density at radius 1 is 0.975 bits per heavy atom. The Balaban J connectivity index is 1.30. The van der Waals surface area contributed by atoms with E-state index in [0.29, 0.717) is 46.6 Å². The lowest BCUT2D eigenvalue weighted by Crippen LogP contribution is -2.27. The van der Waals surface area contributed by atoms with Crippen molar-refractivity contribution in [3.05, 3.63) is 78.4 Å². The number of ketones is 1. The van der Waals surface area contributed by atoms with E-state index in [1.807, 2.05) is 34.9 Å². The van der Waals surface area contributed by atoms with Gasteiger partial charge >= 0.3 is 0 Å². The highest BCUT2D eigenvalue weighted by Crippen LogP contribution is 2.32. The van der Waals surface area contributed by atoms with E-state index in [9.17, 15) is 18.0 Å². The largest absolute Gasteiger partial charge is 0.482 e. The third-order valence-electron chi connectivity index (χ3n) is 6.71. The number of hydrogen-bond donors (Lipinski definition) is 1. The lowest BCUT2D eigenvalue weighted by molar-refractivity contribution is -0.118. The van der Waals surface area contributed by atoms with Crippen LogP contribution in [0.2, 0.25) is 0 Å². The number of ether oxygens (including phenoxy) is 1. The summed E-state index contributed by atoms with van der Waals surface area (Å²) in [5, 5.41) is 12.0. The smallest absolute Gasteiger partial charge is 0.262 e. The number of carbonyl (C=O) groups is 2. The summed E-state index contributed by atoms with van der Waals surface area (Å²) in [7, 11) is -3.61. The van der Waals surface area contributed by atoms with E-state index in [0.717, 1.165) is 18.5 Å². The zero-order valence-electron chi connectivity index (χ0n) is 21.3. The summed E-state index contributed by atoms with van der Waals surface area (Å²) in [5.74, 6) is 0.629. The van der Waals surface area contributed by atoms with E-state index >= 15 is 0 Å². The Bertz CT molecular complexity index is 1700. The number of Topliss-reactive ketones (excluding diaryl/α,β-unsaturated/α-hetero) is 1. The third-order valence-corrected chi connectivity index (χ3v) is 9.53. The second kappa shape index (κ2) is 10.9. The van der Waals surface area contributed by atoms with E-state index in [2.05, 4.69) is 15.5 Å². The number of hydrogen-bond acceptors (Lipinski definition) is 8. The number of rotatable bonds is 8. The predicted molar refractivity (Wildman–Crippen MR) is 150 cm³/mol. The van der Waals surface area contributed by atoms with E-state index in [1.54, 1.807) is 42.5 Å². The van der Waals surface area contributed by atoms with Crippen LogP contribution in [0.15, 0.2) is 82.8 Å². The normalized spacial score (nSPS) is 15.3. The minimum absolute atomic E-state index is 0.0548. The van der Waals surface area contributed by atoms with Gasteiger partial charge < -0.3 is 10.1 Å². The highest BCUT2D eigenvalue weighted by molar-refractivity contribution is 7.99. The number of aromatic nitrogens is 3. The fourth-order valence-corrected chi connectivity index (χ4v) is 7.11. The molecule has 3 heterocycles. The maximum atomic E-state index is 13.2. The summed E-state index contributed by atoms with van der Waals surface area (Å²) in [6.07, 6.45) is 1.71. The standard InChI is InChI=1S/C28H25N5O5S2/c34-24(19-11-12-25-23(16-19)29-26(35)17-38-25)18-39-28-31-30-27(33(28)21-8-2-1-3-9-21)20-7-6-10-22(15-20)40(36,37)32-13-4-5-14-32/h1-3,6-12,15-16H,4-5,13-14,17-18H2,(H,29,35). The molecule has 0 radical (unpaired) electrons. The summed E-state index contributed by atoms with van der Waals surface area (Å²) in [4.78, 5) is 25.0. The molecule has 0 unspecified atom stereocenters. The van der Waals surface area contributed by atoms with Crippen LogP contribution >= 0.6 is 11.8 Å². The first-order chi connectivity index (χ1) is 19.4. The minimum Gasteiger partial charge on any atom is -0.482 e. The van der Waals surface area contributed by atoms with Crippen molar-refractivity contribution in [2.45, 2.75) is 22.9 Å². The van der Waals surface area contributed by atoms with E-state index in [4.69, 9.17) is 4.74 Å². The minimum atomic E-state index is -3.61. The van der Waals surface area contributed by atoms with Crippen molar-refractivity contribution in [3.63, 3.8) is 0 Å². The average molecular weight is 576 g/mol. The SMILES string of the molecule is O=C1COc2ccc(C(=O)CSc3nnc(-c4cccc(S(=O)(=O)N5CCCC5)c4)n3-c3ccccc3)cc2N1. The van der Waals surface area contributed by atoms with Crippen LogP contribution in [0.1, 0.15) is 23.2 Å². The van der Waals surface area contributed by atoms with Crippen LogP contribution in [0.3, 0.4) is 0 Å². The molecule has 0 spiro atoms. The first-order valence-electron chi connectivity index (χ1n) is 12.7. The van der Waals surface area contributed by atoms with Crippen molar-refractivity contribution in [3.8, 4) is 22.8 Å². The molecule has 0 bridgehead atoms. The number of fused-ring (bicyclic) bond motifs is 1. The second-order valence-corrected chi connectivity index (χ2v) is 12.3. The maximum Gasteiger partial charge on any atom is 0.262 e. The number of para-hydroxylation sites is 1. The van der Waals surface area contributed by atoms with Crippen molar-refractivity contribution < 1.29 is 22.7 Å². The van der Waals surface area contributed by atoms with Gasteiger partial charge in [0.2, 0.25) is 10.0 Å². The number of anilines is 1. The molecule has 12 heteroatoms. The molecule has 2 aliphatic rings. The molecule has 6 rings (SSSR count).